The third-order valence-corrected chi connectivity index (χ3v) is 3.91. The number of aliphatic hydroxyl groups is 1. The minimum Gasteiger partial charge on any atom is -0.388 e. The Morgan fingerprint density at radius 3 is 2.61 bits per heavy atom. The minimum atomic E-state index is -0.754. The third-order valence-electron chi connectivity index (χ3n) is 2.70. The van der Waals surface area contributed by atoms with Gasteiger partial charge in [-0.1, -0.05) is 35.9 Å². The van der Waals surface area contributed by atoms with Gasteiger partial charge in [-0.25, -0.2) is 4.39 Å². The zero-order valence-corrected chi connectivity index (χ0v) is 11.7. The third kappa shape index (κ3) is 3.10. The van der Waals surface area contributed by atoms with Crippen molar-refractivity contribution in [3.63, 3.8) is 0 Å². The van der Waals surface area contributed by atoms with E-state index in [1.807, 2.05) is 0 Å². The van der Waals surface area contributed by atoms with E-state index in [2.05, 4.69) is 15.9 Å². The molecule has 0 saturated heterocycles. The molecule has 0 spiro atoms. The molecular weight excluding hydrogens is 319 g/mol. The quantitative estimate of drug-likeness (QED) is 0.878. The maximum Gasteiger partial charge on any atom is 0.126 e. The second-order valence-corrected chi connectivity index (χ2v) is 5.25. The maximum absolute atomic E-state index is 13.5. The second kappa shape index (κ2) is 5.83. The van der Waals surface area contributed by atoms with Crippen LogP contribution >= 0.6 is 27.5 Å². The van der Waals surface area contributed by atoms with Gasteiger partial charge in [-0.2, -0.15) is 0 Å². The Hall–Kier alpha value is -0.900. The molecule has 0 aliphatic heterocycles. The van der Waals surface area contributed by atoms with E-state index in [0.29, 0.717) is 20.6 Å². The molecule has 0 heterocycles. The standard InChI is InChI=1S/C14H11BrClFO/c15-11-7-10(5-6-12(11)16)14(18)8-9-3-1-2-4-13(9)17/h1-7,14,18H,8H2. The van der Waals surface area contributed by atoms with Crippen LogP contribution in [0.2, 0.25) is 5.02 Å². The van der Waals surface area contributed by atoms with Gasteiger partial charge in [0.25, 0.3) is 0 Å². The second-order valence-electron chi connectivity index (χ2n) is 3.98. The topological polar surface area (TPSA) is 20.2 Å². The van der Waals surface area contributed by atoms with Gasteiger partial charge < -0.3 is 5.11 Å². The van der Waals surface area contributed by atoms with Gasteiger partial charge in [-0.15, -0.1) is 0 Å². The number of halogens is 3. The Labute approximate surface area is 118 Å². The summed E-state index contributed by atoms with van der Waals surface area (Å²) in [6.45, 7) is 0. The normalized spacial score (nSPS) is 12.4. The SMILES string of the molecule is OC(Cc1ccccc1F)c1ccc(Cl)c(Br)c1. The Morgan fingerprint density at radius 1 is 1.22 bits per heavy atom. The Bertz CT molecular complexity index is 559. The van der Waals surface area contributed by atoms with Crippen molar-refractivity contribution >= 4 is 27.5 Å². The van der Waals surface area contributed by atoms with Crippen LogP contribution in [-0.2, 0) is 6.42 Å². The molecule has 0 aliphatic carbocycles. The Balaban J connectivity index is 2.19. The van der Waals surface area contributed by atoms with Gasteiger partial charge in [-0.05, 0) is 45.3 Å². The fourth-order valence-electron chi connectivity index (χ4n) is 1.71. The molecule has 1 unspecified atom stereocenters. The fraction of sp³-hybridized carbons (Fsp3) is 0.143. The van der Waals surface area contributed by atoms with Crippen molar-refractivity contribution in [1.82, 2.24) is 0 Å². The number of aliphatic hydroxyl groups excluding tert-OH is 1. The summed E-state index contributed by atoms with van der Waals surface area (Å²) in [4.78, 5) is 0. The van der Waals surface area contributed by atoms with Gasteiger partial charge >= 0.3 is 0 Å². The first-order valence-electron chi connectivity index (χ1n) is 5.44. The van der Waals surface area contributed by atoms with Gasteiger partial charge in [0.05, 0.1) is 11.1 Å². The van der Waals surface area contributed by atoms with Crippen molar-refractivity contribution in [3.8, 4) is 0 Å². The van der Waals surface area contributed by atoms with Crippen LogP contribution in [0.5, 0.6) is 0 Å². The molecule has 1 nitrogen and oxygen atoms in total. The first-order valence-corrected chi connectivity index (χ1v) is 6.61. The average Bonchev–Trinajstić information content (AvgIpc) is 2.35. The molecule has 0 saturated carbocycles. The largest absolute Gasteiger partial charge is 0.388 e. The lowest BCUT2D eigenvalue weighted by Crippen LogP contribution is -2.03. The molecule has 1 N–H and O–H groups in total. The van der Waals surface area contributed by atoms with Gasteiger partial charge in [0.1, 0.15) is 5.82 Å². The molecule has 2 rings (SSSR count). The summed E-state index contributed by atoms with van der Waals surface area (Å²) in [5.41, 5.74) is 1.20. The van der Waals surface area contributed by atoms with Crippen LogP contribution < -0.4 is 0 Å². The number of hydrogen-bond donors (Lipinski definition) is 1. The highest BCUT2D eigenvalue weighted by Gasteiger charge is 2.12. The first kappa shape index (κ1) is 13.5. The number of hydrogen-bond acceptors (Lipinski definition) is 1. The van der Waals surface area contributed by atoms with Crippen LogP contribution in [0.1, 0.15) is 17.2 Å². The predicted octanol–water partition coefficient (Wildman–Crippen LogP) is 4.52. The van der Waals surface area contributed by atoms with E-state index < -0.39 is 6.10 Å². The molecule has 0 aromatic heterocycles. The molecule has 2 aromatic rings. The van der Waals surface area contributed by atoms with Crippen molar-refractivity contribution in [2.24, 2.45) is 0 Å². The van der Waals surface area contributed by atoms with Crippen molar-refractivity contribution in [2.45, 2.75) is 12.5 Å². The summed E-state index contributed by atoms with van der Waals surface area (Å²) in [6.07, 6.45) is -0.517. The molecular formula is C14H11BrClFO. The molecule has 0 radical (unpaired) electrons. The molecule has 0 amide bonds. The monoisotopic (exact) mass is 328 g/mol. The predicted molar refractivity (Wildman–Crippen MR) is 74.2 cm³/mol. The smallest absolute Gasteiger partial charge is 0.126 e. The van der Waals surface area contributed by atoms with Crippen molar-refractivity contribution in [1.29, 1.82) is 0 Å². The molecule has 0 fully saturated rings. The zero-order valence-electron chi connectivity index (χ0n) is 9.41. The summed E-state index contributed by atoms with van der Waals surface area (Å²) in [5.74, 6) is -0.301. The highest BCUT2D eigenvalue weighted by Crippen LogP contribution is 2.27. The van der Waals surface area contributed by atoms with Gasteiger partial charge in [0.2, 0.25) is 0 Å². The van der Waals surface area contributed by atoms with Gasteiger partial charge in [0.15, 0.2) is 0 Å². The number of benzene rings is 2. The molecule has 1 atom stereocenters. The van der Waals surface area contributed by atoms with Gasteiger partial charge in [-0.3, -0.25) is 0 Å². The highest BCUT2D eigenvalue weighted by molar-refractivity contribution is 9.10. The maximum atomic E-state index is 13.5. The molecule has 2 aromatic carbocycles. The summed E-state index contributed by atoms with van der Waals surface area (Å²) in [6, 6.07) is 11.6. The Morgan fingerprint density at radius 2 is 1.94 bits per heavy atom. The van der Waals surface area contributed by atoms with E-state index in [4.69, 9.17) is 11.6 Å². The van der Waals surface area contributed by atoms with E-state index in [1.165, 1.54) is 6.07 Å². The first-order chi connectivity index (χ1) is 8.58. The zero-order chi connectivity index (χ0) is 13.1. The van der Waals surface area contributed by atoms with E-state index in [0.717, 1.165) is 0 Å². The van der Waals surface area contributed by atoms with Crippen molar-refractivity contribution in [3.05, 3.63) is 68.9 Å². The van der Waals surface area contributed by atoms with E-state index in [1.54, 1.807) is 36.4 Å². The lowest BCUT2D eigenvalue weighted by atomic mass is 10.0. The van der Waals surface area contributed by atoms with Crippen LogP contribution in [0.25, 0.3) is 0 Å². The fourth-order valence-corrected chi connectivity index (χ4v) is 2.22. The lowest BCUT2D eigenvalue weighted by Gasteiger charge is -2.12. The van der Waals surface area contributed by atoms with Gasteiger partial charge in [0, 0.05) is 10.9 Å². The summed E-state index contributed by atoms with van der Waals surface area (Å²) in [7, 11) is 0. The lowest BCUT2D eigenvalue weighted by molar-refractivity contribution is 0.177. The molecule has 18 heavy (non-hydrogen) atoms. The summed E-state index contributed by atoms with van der Waals surface area (Å²) >= 11 is 9.18. The van der Waals surface area contributed by atoms with E-state index in [-0.39, 0.29) is 12.2 Å². The number of rotatable bonds is 3. The minimum absolute atomic E-state index is 0.237. The molecule has 0 aliphatic rings. The van der Waals surface area contributed by atoms with Crippen LogP contribution in [0.4, 0.5) is 4.39 Å². The average molecular weight is 330 g/mol. The summed E-state index contributed by atoms with van der Waals surface area (Å²) in [5, 5.41) is 10.7. The van der Waals surface area contributed by atoms with Crippen LogP contribution in [0, 0.1) is 5.82 Å². The Kier molecular flexibility index (Phi) is 4.38. The molecule has 94 valence electrons. The van der Waals surface area contributed by atoms with E-state index in [9.17, 15) is 9.50 Å². The van der Waals surface area contributed by atoms with Crippen LogP contribution in [-0.4, -0.2) is 5.11 Å². The van der Waals surface area contributed by atoms with Crippen LogP contribution in [0.3, 0.4) is 0 Å². The van der Waals surface area contributed by atoms with Crippen LogP contribution in [0.15, 0.2) is 46.9 Å². The van der Waals surface area contributed by atoms with Crippen molar-refractivity contribution in [2.75, 3.05) is 0 Å². The van der Waals surface area contributed by atoms with Crippen molar-refractivity contribution < 1.29 is 9.50 Å². The highest BCUT2D eigenvalue weighted by atomic mass is 79.9. The van der Waals surface area contributed by atoms with E-state index >= 15 is 0 Å². The summed E-state index contributed by atoms with van der Waals surface area (Å²) < 4.78 is 14.2. The molecule has 0 bridgehead atoms. The molecule has 4 heteroatoms.